The molecule has 0 amide bonds. The minimum Gasteiger partial charge on any atom is -0.399 e. The standard InChI is InChI=1S/C16H17NO/c1-11-7-12(2)9-14(8-11)16(18)10-13-3-5-15(17)6-4-13/h3-9H,10,17H2,1-2H3. The Morgan fingerprint density at radius 1 is 1.00 bits per heavy atom. The van der Waals surface area contributed by atoms with E-state index in [1.165, 1.54) is 0 Å². The lowest BCUT2D eigenvalue weighted by Gasteiger charge is -2.05. The minimum atomic E-state index is 0.145. The average molecular weight is 239 g/mol. The summed E-state index contributed by atoms with van der Waals surface area (Å²) in [6.07, 6.45) is 0.420. The number of carbonyl (C=O) groups is 1. The molecule has 2 nitrogen and oxygen atoms in total. The zero-order chi connectivity index (χ0) is 13.1. The monoisotopic (exact) mass is 239 g/mol. The number of aryl methyl sites for hydroxylation is 2. The lowest BCUT2D eigenvalue weighted by molar-refractivity contribution is 0.0993. The predicted molar refractivity (Wildman–Crippen MR) is 74.8 cm³/mol. The molecule has 0 aromatic heterocycles. The topological polar surface area (TPSA) is 43.1 Å². The molecule has 0 heterocycles. The summed E-state index contributed by atoms with van der Waals surface area (Å²) in [5, 5.41) is 0. The van der Waals surface area contributed by atoms with E-state index in [4.69, 9.17) is 5.73 Å². The van der Waals surface area contributed by atoms with E-state index >= 15 is 0 Å². The summed E-state index contributed by atoms with van der Waals surface area (Å²) < 4.78 is 0. The van der Waals surface area contributed by atoms with Gasteiger partial charge in [0.25, 0.3) is 0 Å². The van der Waals surface area contributed by atoms with Gasteiger partial charge in [-0.15, -0.1) is 0 Å². The summed E-state index contributed by atoms with van der Waals surface area (Å²) in [5.41, 5.74) is 10.4. The molecule has 0 saturated heterocycles. The maximum Gasteiger partial charge on any atom is 0.167 e. The molecule has 2 aromatic carbocycles. The zero-order valence-corrected chi connectivity index (χ0v) is 10.7. The van der Waals surface area contributed by atoms with Gasteiger partial charge in [0.05, 0.1) is 0 Å². The van der Waals surface area contributed by atoms with Gasteiger partial charge in [0.15, 0.2) is 5.78 Å². The van der Waals surface area contributed by atoms with Gasteiger partial charge in [-0.25, -0.2) is 0 Å². The van der Waals surface area contributed by atoms with Crippen LogP contribution in [0.4, 0.5) is 5.69 Å². The molecule has 92 valence electrons. The fourth-order valence-electron chi connectivity index (χ4n) is 2.06. The van der Waals surface area contributed by atoms with Crippen molar-refractivity contribution in [3.8, 4) is 0 Å². The highest BCUT2D eigenvalue weighted by molar-refractivity contribution is 5.97. The van der Waals surface area contributed by atoms with Crippen LogP contribution in [0.15, 0.2) is 42.5 Å². The first-order chi connectivity index (χ1) is 8.54. The second kappa shape index (κ2) is 5.05. The first kappa shape index (κ1) is 12.4. The van der Waals surface area contributed by atoms with Crippen LogP contribution in [0.3, 0.4) is 0 Å². The number of ketones is 1. The van der Waals surface area contributed by atoms with Gasteiger partial charge >= 0.3 is 0 Å². The van der Waals surface area contributed by atoms with Gasteiger partial charge in [-0.3, -0.25) is 4.79 Å². The van der Waals surface area contributed by atoms with Crippen LogP contribution in [-0.2, 0) is 6.42 Å². The molecule has 18 heavy (non-hydrogen) atoms. The summed E-state index contributed by atoms with van der Waals surface area (Å²) in [5.74, 6) is 0.145. The van der Waals surface area contributed by atoms with Crippen LogP contribution in [0.5, 0.6) is 0 Å². The summed E-state index contributed by atoms with van der Waals surface area (Å²) >= 11 is 0. The van der Waals surface area contributed by atoms with Crippen LogP contribution in [0, 0.1) is 13.8 Å². The minimum absolute atomic E-state index is 0.145. The lowest BCUT2D eigenvalue weighted by Crippen LogP contribution is -2.04. The summed E-state index contributed by atoms with van der Waals surface area (Å²) in [6, 6.07) is 13.4. The lowest BCUT2D eigenvalue weighted by atomic mass is 9.99. The van der Waals surface area contributed by atoms with Gasteiger partial charge in [0, 0.05) is 17.7 Å². The number of nitrogens with two attached hydrogens (primary N) is 1. The number of Topliss-reactive ketones (excluding diaryl/α,β-unsaturated/α-hetero) is 1. The maximum absolute atomic E-state index is 12.2. The molecule has 2 N–H and O–H groups in total. The molecule has 0 aliphatic rings. The summed E-state index contributed by atoms with van der Waals surface area (Å²) in [4.78, 5) is 12.2. The fraction of sp³-hybridized carbons (Fsp3) is 0.188. The summed E-state index contributed by atoms with van der Waals surface area (Å²) in [6.45, 7) is 4.01. The Morgan fingerprint density at radius 3 is 2.11 bits per heavy atom. The highest BCUT2D eigenvalue weighted by Gasteiger charge is 2.08. The normalized spacial score (nSPS) is 10.3. The first-order valence-corrected chi connectivity index (χ1v) is 6.00. The Bertz CT molecular complexity index is 550. The molecule has 0 fully saturated rings. The van der Waals surface area contributed by atoms with Crippen molar-refractivity contribution in [2.75, 3.05) is 5.73 Å². The number of hydrogen-bond acceptors (Lipinski definition) is 2. The smallest absolute Gasteiger partial charge is 0.167 e. The van der Waals surface area contributed by atoms with E-state index in [2.05, 4.69) is 6.07 Å². The van der Waals surface area contributed by atoms with E-state index in [1.807, 2.05) is 50.2 Å². The fourth-order valence-corrected chi connectivity index (χ4v) is 2.06. The maximum atomic E-state index is 12.2. The van der Waals surface area contributed by atoms with Crippen LogP contribution in [-0.4, -0.2) is 5.78 Å². The van der Waals surface area contributed by atoms with Gasteiger partial charge in [-0.2, -0.15) is 0 Å². The quantitative estimate of drug-likeness (QED) is 0.659. The second-order valence-electron chi connectivity index (χ2n) is 4.72. The molecule has 0 saturated carbocycles. The van der Waals surface area contributed by atoms with Crippen LogP contribution >= 0.6 is 0 Å². The second-order valence-corrected chi connectivity index (χ2v) is 4.72. The van der Waals surface area contributed by atoms with Gasteiger partial charge in [-0.05, 0) is 43.7 Å². The molecule has 2 aromatic rings. The van der Waals surface area contributed by atoms with Gasteiger partial charge in [0.1, 0.15) is 0 Å². The predicted octanol–water partition coefficient (Wildman–Crippen LogP) is 3.31. The first-order valence-electron chi connectivity index (χ1n) is 6.00. The van der Waals surface area contributed by atoms with Gasteiger partial charge < -0.3 is 5.73 Å². The summed E-state index contributed by atoms with van der Waals surface area (Å²) in [7, 11) is 0. The van der Waals surface area contributed by atoms with E-state index in [1.54, 1.807) is 0 Å². The van der Waals surface area contributed by atoms with Crippen molar-refractivity contribution in [3.05, 3.63) is 64.7 Å². The Hall–Kier alpha value is -2.09. The average Bonchev–Trinajstić information content (AvgIpc) is 2.31. The van der Waals surface area contributed by atoms with Crippen molar-refractivity contribution in [1.82, 2.24) is 0 Å². The molecule has 0 aliphatic heterocycles. The number of rotatable bonds is 3. The number of carbonyl (C=O) groups excluding carboxylic acids is 1. The number of anilines is 1. The van der Waals surface area contributed by atoms with Crippen molar-refractivity contribution < 1.29 is 4.79 Å². The zero-order valence-electron chi connectivity index (χ0n) is 10.7. The Balaban J connectivity index is 2.19. The highest BCUT2D eigenvalue weighted by atomic mass is 16.1. The third-order valence-corrected chi connectivity index (χ3v) is 2.89. The van der Waals surface area contributed by atoms with Crippen molar-refractivity contribution >= 4 is 11.5 Å². The molecular weight excluding hydrogens is 222 g/mol. The number of benzene rings is 2. The van der Waals surface area contributed by atoms with E-state index in [9.17, 15) is 4.79 Å². The van der Waals surface area contributed by atoms with Crippen LogP contribution in [0.25, 0.3) is 0 Å². The molecule has 0 spiro atoms. The molecule has 0 atom stereocenters. The Morgan fingerprint density at radius 2 is 1.56 bits per heavy atom. The number of nitrogen functional groups attached to an aromatic ring is 1. The van der Waals surface area contributed by atoms with Crippen molar-refractivity contribution in [3.63, 3.8) is 0 Å². The van der Waals surface area contributed by atoms with E-state index < -0.39 is 0 Å². The molecule has 0 bridgehead atoms. The third kappa shape index (κ3) is 2.98. The van der Waals surface area contributed by atoms with Gasteiger partial charge in [0.2, 0.25) is 0 Å². The van der Waals surface area contributed by atoms with Gasteiger partial charge in [-0.1, -0.05) is 29.3 Å². The van der Waals surface area contributed by atoms with E-state index in [-0.39, 0.29) is 5.78 Å². The van der Waals surface area contributed by atoms with Crippen molar-refractivity contribution in [2.45, 2.75) is 20.3 Å². The van der Waals surface area contributed by atoms with Crippen LogP contribution in [0.2, 0.25) is 0 Å². The third-order valence-electron chi connectivity index (χ3n) is 2.89. The largest absolute Gasteiger partial charge is 0.399 e. The molecule has 2 heteroatoms. The SMILES string of the molecule is Cc1cc(C)cc(C(=O)Cc2ccc(N)cc2)c1. The van der Waals surface area contributed by atoms with Crippen LogP contribution < -0.4 is 5.73 Å². The highest BCUT2D eigenvalue weighted by Crippen LogP contribution is 2.13. The molecular formula is C16H17NO. The van der Waals surface area contributed by atoms with Crippen LogP contribution in [0.1, 0.15) is 27.0 Å². The molecule has 0 aliphatic carbocycles. The molecule has 0 unspecified atom stereocenters. The van der Waals surface area contributed by atoms with Crippen molar-refractivity contribution in [2.24, 2.45) is 0 Å². The Labute approximate surface area is 107 Å². The van der Waals surface area contributed by atoms with E-state index in [0.29, 0.717) is 6.42 Å². The molecule has 2 rings (SSSR count). The Kier molecular flexibility index (Phi) is 3.47. The van der Waals surface area contributed by atoms with Crippen molar-refractivity contribution in [1.29, 1.82) is 0 Å². The van der Waals surface area contributed by atoms with E-state index in [0.717, 1.165) is 27.9 Å². The molecule has 0 radical (unpaired) electrons. The number of hydrogen-bond donors (Lipinski definition) is 1.